The van der Waals surface area contributed by atoms with Crippen LogP contribution in [0.15, 0.2) is 42.5 Å². The number of carbonyl (C=O) groups is 2. The number of nitrogens with zero attached hydrogens (tertiary/aromatic N) is 2. The topological polar surface area (TPSA) is 64.7 Å². The Hall–Kier alpha value is -3.02. The van der Waals surface area contributed by atoms with E-state index in [9.17, 15) is 9.59 Å². The van der Waals surface area contributed by atoms with Crippen molar-refractivity contribution in [1.29, 1.82) is 0 Å². The van der Waals surface area contributed by atoms with E-state index < -0.39 is 0 Å². The highest BCUT2D eigenvalue weighted by atomic mass is 16.2. The van der Waals surface area contributed by atoms with Crippen LogP contribution in [-0.4, -0.2) is 43.0 Å². The summed E-state index contributed by atoms with van der Waals surface area (Å²) in [5.41, 5.74) is 4.15. The minimum absolute atomic E-state index is 0.000215. The highest BCUT2D eigenvalue weighted by molar-refractivity contribution is 6.04. The third kappa shape index (κ3) is 5.57. The molecule has 2 aromatic carbocycles. The molecule has 1 saturated heterocycles. The van der Waals surface area contributed by atoms with Gasteiger partial charge in [0.1, 0.15) is 0 Å². The summed E-state index contributed by atoms with van der Waals surface area (Å²) < 4.78 is 0. The number of rotatable bonds is 7. The van der Waals surface area contributed by atoms with Crippen molar-refractivity contribution in [2.75, 3.05) is 41.7 Å². The molecular weight excluding hydrogens is 388 g/mol. The molecule has 0 aromatic heterocycles. The van der Waals surface area contributed by atoms with Gasteiger partial charge in [-0.25, -0.2) is 4.79 Å². The molecule has 0 bridgehead atoms. The van der Waals surface area contributed by atoms with E-state index in [4.69, 9.17) is 0 Å². The molecule has 2 N–H and O–H groups in total. The van der Waals surface area contributed by atoms with Crippen molar-refractivity contribution in [2.45, 2.75) is 46.5 Å². The van der Waals surface area contributed by atoms with E-state index in [0.29, 0.717) is 30.3 Å². The van der Waals surface area contributed by atoms with Gasteiger partial charge in [0, 0.05) is 43.2 Å². The lowest BCUT2D eigenvalue weighted by molar-refractivity contribution is 0.0773. The number of carbonyl (C=O) groups excluding carboxylic acids is 2. The molecule has 0 atom stereocenters. The Morgan fingerprint density at radius 2 is 1.52 bits per heavy atom. The predicted octanol–water partition coefficient (Wildman–Crippen LogP) is 5.54. The SMILES string of the molecule is CCN(CC)C(=O)c1cc(NC(=O)Nc2ccc(C(C)C)cc2)ccc1N1CCCC1. The third-order valence-corrected chi connectivity index (χ3v) is 5.82. The average Bonchev–Trinajstić information content (AvgIpc) is 3.29. The molecule has 2 aromatic rings. The fourth-order valence-electron chi connectivity index (χ4n) is 3.94. The van der Waals surface area contributed by atoms with Gasteiger partial charge < -0.3 is 20.4 Å². The first-order chi connectivity index (χ1) is 14.9. The van der Waals surface area contributed by atoms with Gasteiger partial charge >= 0.3 is 6.03 Å². The van der Waals surface area contributed by atoms with Crippen LogP contribution in [0.2, 0.25) is 0 Å². The van der Waals surface area contributed by atoms with Crippen molar-refractivity contribution in [3.8, 4) is 0 Å². The standard InChI is InChI=1S/C25H34N4O2/c1-5-28(6-2)24(30)22-17-21(13-14-23(22)29-15-7-8-16-29)27-25(31)26-20-11-9-19(10-12-20)18(3)4/h9-14,17-18H,5-8,15-16H2,1-4H3,(H2,26,27,31). The summed E-state index contributed by atoms with van der Waals surface area (Å²) in [5, 5.41) is 5.74. The van der Waals surface area contributed by atoms with E-state index in [0.717, 1.165) is 37.3 Å². The first kappa shape index (κ1) is 22.7. The molecule has 1 fully saturated rings. The second kappa shape index (κ2) is 10.3. The van der Waals surface area contributed by atoms with Gasteiger partial charge in [0.25, 0.3) is 5.91 Å². The van der Waals surface area contributed by atoms with Gasteiger partial charge in [0.05, 0.1) is 5.56 Å². The van der Waals surface area contributed by atoms with Gasteiger partial charge in [-0.1, -0.05) is 26.0 Å². The zero-order valence-corrected chi connectivity index (χ0v) is 19.1. The number of hydrogen-bond acceptors (Lipinski definition) is 3. The summed E-state index contributed by atoms with van der Waals surface area (Å²) in [7, 11) is 0. The lowest BCUT2D eigenvalue weighted by Crippen LogP contribution is -2.32. The molecule has 0 radical (unpaired) electrons. The highest BCUT2D eigenvalue weighted by Gasteiger charge is 2.23. The van der Waals surface area contributed by atoms with Crippen LogP contribution in [0.4, 0.5) is 21.9 Å². The van der Waals surface area contributed by atoms with Gasteiger partial charge in [-0.2, -0.15) is 0 Å². The second-order valence-corrected chi connectivity index (χ2v) is 8.26. The lowest BCUT2D eigenvalue weighted by Gasteiger charge is -2.25. The minimum atomic E-state index is -0.326. The summed E-state index contributed by atoms with van der Waals surface area (Å²) in [5.74, 6) is 0.444. The molecule has 1 aliphatic heterocycles. The van der Waals surface area contributed by atoms with Gasteiger partial charge in [-0.15, -0.1) is 0 Å². The molecular formula is C25H34N4O2. The first-order valence-electron chi connectivity index (χ1n) is 11.3. The van der Waals surface area contributed by atoms with Crippen molar-refractivity contribution >= 4 is 29.0 Å². The Labute approximate surface area is 185 Å². The van der Waals surface area contributed by atoms with Crippen LogP contribution < -0.4 is 15.5 Å². The molecule has 3 amide bonds. The predicted molar refractivity (Wildman–Crippen MR) is 128 cm³/mol. The van der Waals surface area contributed by atoms with Crippen molar-refractivity contribution in [2.24, 2.45) is 0 Å². The number of hydrogen-bond donors (Lipinski definition) is 2. The summed E-state index contributed by atoms with van der Waals surface area (Å²) in [4.78, 5) is 29.8. The zero-order valence-electron chi connectivity index (χ0n) is 19.1. The fraction of sp³-hybridized carbons (Fsp3) is 0.440. The maximum atomic E-state index is 13.2. The number of nitrogens with one attached hydrogen (secondary N) is 2. The second-order valence-electron chi connectivity index (χ2n) is 8.26. The summed E-state index contributed by atoms with van der Waals surface area (Å²) in [6, 6.07) is 13.1. The van der Waals surface area contributed by atoms with Crippen molar-refractivity contribution in [1.82, 2.24) is 4.90 Å². The number of anilines is 3. The number of amides is 3. The van der Waals surface area contributed by atoms with Gasteiger partial charge in [0.15, 0.2) is 0 Å². The molecule has 0 unspecified atom stereocenters. The maximum Gasteiger partial charge on any atom is 0.323 e. The Bertz CT molecular complexity index is 898. The van der Waals surface area contributed by atoms with E-state index in [1.807, 2.05) is 55.1 Å². The molecule has 3 rings (SSSR count). The van der Waals surface area contributed by atoms with Crippen molar-refractivity contribution < 1.29 is 9.59 Å². The van der Waals surface area contributed by atoms with Crippen LogP contribution >= 0.6 is 0 Å². The largest absolute Gasteiger partial charge is 0.371 e. The van der Waals surface area contributed by atoms with Crippen LogP contribution in [0.1, 0.15) is 62.4 Å². The van der Waals surface area contributed by atoms with Crippen LogP contribution in [0.3, 0.4) is 0 Å². The molecule has 0 spiro atoms. The Morgan fingerprint density at radius 1 is 0.935 bits per heavy atom. The van der Waals surface area contributed by atoms with E-state index in [1.165, 1.54) is 5.56 Å². The zero-order chi connectivity index (χ0) is 22.4. The molecule has 166 valence electrons. The molecule has 6 heteroatoms. The minimum Gasteiger partial charge on any atom is -0.371 e. The molecule has 6 nitrogen and oxygen atoms in total. The smallest absolute Gasteiger partial charge is 0.323 e. The Balaban J connectivity index is 1.78. The Morgan fingerprint density at radius 3 is 2.10 bits per heavy atom. The van der Waals surface area contributed by atoms with Crippen LogP contribution in [-0.2, 0) is 0 Å². The summed E-state index contributed by atoms with van der Waals surface area (Å²) in [6.07, 6.45) is 2.27. The van der Waals surface area contributed by atoms with E-state index in [1.54, 1.807) is 6.07 Å². The number of benzene rings is 2. The normalized spacial score (nSPS) is 13.4. The molecule has 1 heterocycles. The lowest BCUT2D eigenvalue weighted by atomic mass is 10.0. The quantitative estimate of drug-likeness (QED) is 0.616. The maximum absolute atomic E-state index is 13.2. The fourth-order valence-corrected chi connectivity index (χ4v) is 3.94. The molecule has 31 heavy (non-hydrogen) atoms. The first-order valence-corrected chi connectivity index (χ1v) is 11.3. The van der Waals surface area contributed by atoms with E-state index >= 15 is 0 Å². The van der Waals surface area contributed by atoms with Crippen LogP contribution in [0.25, 0.3) is 0 Å². The summed E-state index contributed by atoms with van der Waals surface area (Å²) >= 11 is 0. The molecule has 0 saturated carbocycles. The van der Waals surface area contributed by atoms with E-state index in [2.05, 4.69) is 29.4 Å². The molecule has 1 aliphatic rings. The third-order valence-electron chi connectivity index (χ3n) is 5.82. The average molecular weight is 423 g/mol. The van der Waals surface area contributed by atoms with Gasteiger partial charge in [-0.3, -0.25) is 4.79 Å². The summed E-state index contributed by atoms with van der Waals surface area (Å²) in [6.45, 7) is 11.5. The van der Waals surface area contributed by atoms with Crippen molar-refractivity contribution in [3.05, 3.63) is 53.6 Å². The number of urea groups is 1. The monoisotopic (exact) mass is 422 g/mol. The van der Waals surface area contributed by atoms with E-state index in [-0.39, 0.29) is 11.9 Å². The van der Waals surface area contributed by atoms with Crippen LogP contribution in [0, 0.1) is 0 Å². The van der Waals surface area contributed by atoms with Crippen LogP contribution in [0.5, 0.6) is 0 Å². The van der Waals surface area contributed by atoms with Crippen molar-refractivity contribution in [3.63, 3.8) is 0 Å². The van der Waals surface area contributed by atoms with Gasteiger partial charge in [0.2, 0.25) is 0 Å². The molecule has 0 aliphatic carbocycles. The highest BCUT2D eigenvalue weighted by Crippen LogP contribution is 2.29. The Kier molecular flexibility index (Phi) is 7.55. The van der Waals surface area contributed by atoms with Gasteiger partial charge in [-0.05, 0) is 68.5 Å².